The highest BCUT2D eigenvalue weighted by Gasteiger charge is 2.00. The zero-order valence-electron chi connectivity index (χ0n) is 17.9. The lowest BCUT2D eigenvalue weighted by Crippen LogP contribution is -1.98. The molecule has 0 aliphatic carbocycles. The molecule has 0 heterocycles. The van der Waals surface area contributed by atoms with Crippen molar-refractivity contribution in [1.82, 2.24) is 0 Å². The van der Waals surface area contributed by atoms with Crippen LogP contribution in [0.15, 0.2) is 0 Å². The Kier molecular flexibility index (Phi) is 27.8. The van der Waals surface area contributed by atoms with Gasteiger partial charge in [0.25, 0.3) is 0 Å². The van der Waals surface area contributed by atoms with Crippen molar-refractivity contribution in [3.8, 4) is 0 Å². The molecule has 0 saturated heterocycles. The van der Waals surface area contributed by atoms with Gasteiger partial charge in [0.2, 0.25) is 0 Å². The molecule has 172 valence electrons. The zero-order chi connectivity index (χ0) is 21.3. The van der Waals surface area contributed by atoms with Crippen LogP contribution in [-0.2, 0) is 9.30 Å². The topological polar surface area (TPSA) is 107 Å². The molecule has 28 heavy (non-hydrogen) atoms. The van der Waals surface area contributed by atoms with Crippen LogP contribution in [0.5, 0.6) is 0 Å². The number of hydrogen-bond donors (Lipinski definition) is 4. The van der Waals surface area contributed by atoms with Crippen LogP contribution in [0.4, 0.5) is 0 Å². The Morgan fingerprint density at radius 3 is 1.54 bits per heavy atom. The number of phosphoric acid groups is 1. The molecule has 4 N–H and O–H groups in total. The second-order valence-electron chi connectivity index (χ2n) is 7.06. The van der Waals surface area contributed by atoms with Crippen molar-refractivity contribution in [2.75, 3.05) is 31.3 Å². The summed E-state index contributed by atoms with van der Waals surface area (Å²) in [5.41, 5.74) is 0. The fourth-order valence-electron chi connectivity index (χ4n) is 2.65. The van der Waals surface area contributed by atoms with Gasteiger partial charge in [-0.15, -0.1) is 0 Å². The second-order valence-corrected chi connectivity index (χ2v) is 9.31. The van der Waals surface area contributed by atoms with E-state index in [1.807, 2.05) is 11.8 Å². The summed E-state index contributed by atoms with van der Waals surface area (Å²) in [5.74, 6) is 2.30. The van der Waals surface area contributed by atoms with Crippen LogP contribution in [0.2, 0.25) is 0 Å². The lowest BCUT2D eigenvalue weighted by atomic mass is 10.1. The van der Waals surface area contributed by atoms with Gasteiger partial charge in [-0.25, -0.2) is 4.57 Å². The molecule has 0 saturated carbocycles. The number of unbranched alkanes of at least 4 members (excludes halogenated alkanes) is 11. The number of rotatable bonds is 20. The first-order valence-corrected chi connectivity index (χ1v) is 13.7. The molecule has 8 heteroatoms. The Morgan fingerprint density at radius 1 is 0.679 bits per heavy atom. The molecule has 0 rings (SSSR count). The van der Waals surface area contributed by atoms with E-state index in [2.05, 4.69) is 6.92 Å². The number of hydrogen-bond acceptors (Lipinski definition) is 4. The summed E-state index contributed by atoms with van der Waals surface area (Å²) in [4.78, 5) is 21.6. The smallest absolute Gasteiger partial charge is 0.396 e. The molecule has 0 fully saturated rings. The maximum atomic E-state index is 8.88. The van der Waals surface area contributed by atoms with Gasteiger partial charge < -0.3 is 24.5 Å². The molecule has 0 radical (unpaired) electrons. The molecule has 0 aromatic rings. The van der Waals surface area contributed by atoms with Crippen molar-refractivity contribution in [2.45, 2.75) is 96.8 Å². The van der Waals surface area contributed by atoms with Crippen LogP contribution >= 0.6 is 19.6 Å². The number of ether oxygens (including phenoxy) is 1. The fourth-order valence-corrected chi connectivity index (χ4v) is 3.59. The molecule has 0 aliphatic heterocycles. The maximum Gasteiger partial charge on any atom is 0.466 e. The lowest BCUT2D eigenvalue weighted by Gasteiger charge is -2.05. The van der Waals surface area contributed by atoms with Gasteiger partial charge in [0.15, 0.2) is 0 Å². The monoisotopic (exact) mass is 444 g/mol. The molecule has 0 amide bonds. The minimum atomic E-state index is -4.64. The van der Waals surface area contributed by atoms with Crippen LogP contribution in [0.3, 0.4) is 0 Å². The lowest BCUT2D eigenvalue weighted by molar-refractivity contribution is 0.127. The van der Waals surface area contributed by atoms with E-state index in [1.54, 1.807) is 0 Å². The van der Waals surface area contributed by atoms with Gasteiger partial charge in [-0.1, -0.05) is 71.1 Å². The highest BCUT2D eigenvalue weighted by molar-refractivity contribution is 7.99. The zero-order valence-corrected chi connectivity index (χ0v) is 19.6. The average molecular weight is 445 g/mol. The Hall–Kier alpha value is 0.380. The van der Waals surface area contributed by atoms with Crippen molar-refractivity contribution < 1.29 is 29.1 Å². The van der Waals surface area contributed by atoms with Crippen LogP contribution < -0.4 is 0 Å². The van der Waals surface area contributed by atoms with Crippen LogP contribution in [0.25, 0.3) is 0 Å². The molecule has 0 bridgehead atoms. The second kappa shape index (κ2) is 25.4. The summed E-state index contributed by atoms with van der Waals surface area (Å²) in [7, 11) is -4.64. The van der Waals surface area contributed by atoms with E-state index in [-0.39, 0.29) is 0 Å². The first kappa shape index (κ1) is 30.6. The summed E-state index contributed by atoms with van der Waals surface area (Å²) < 4.78 is 14.6. The first-order chi connectivity index (χ1) is 13.4. The van der Waals surface area contributed by atoms with Crippen molar-refractivity contribution >= 4 is 19.6 Å². The van der Waals surface area contributed by atoms with Gasteiger partial charge in [0.05, 0.1) is 0 Å². The standard InChI is InChI=1S/C20H42O2S.H3O4P/c1-2-3-4-5-6-7-8-9-10-11-12-17-22-18-13-14-19-23-20-15-16-21;1-5(2,3)4/h21H,2-20H2,1H3;(H3,1,2,3,4). The van der Waals surface area contributed by atoms with E-state index in [0.717, 1.165) is 25.4 Å². The average Bonchev–Trinajstić information content (AvgIpc) is 2.62. The van der Waals surface area contributed by atoms with E-state index in [9.17, 15) is 0 Å². The third kappa shape index (κ3) is 40.9. The van der Waals surface area contributed by atoms with Gasteiger partial charge in [0.1, 0.15) is 0 Å². The highest BCUT2D eigenvalue weighted by Crippen LogP contribution is 2.25. The Morgan fingerprint density at radius 2 is 1.07 bits per heavy atom. The quantitative estimate of drug-likeness (QED) is 0.149. The van der Waals surface area contributed by atoms with Crippen molar-refractivity contribution in [1.29, 1.82) is 0 Å². The molecular formula is C20H45O6PS. The summed E-state index contributed by atoms with van der Waals surface area (Å²) in [5, 5.41) is 8.68. The molecule has 0 aliphatic rings. The van der Waals surface area contributed by atoms with Gasteiger partial charge in [-0.3, -0.25) is 0 Å². The Balaban J connectivity index is 0. The molecule has 6 nitrogen and oxygen atoms in total. The van der Waals surface area contributed by atoms with E-state index >= 15 is 0 Å². The minimum absolute atomic E-state index is 0.328. The van der Waals surface area contributed by atoms with E-state index < -0.39 is 7.82 Å². The molecule has 0 aromatic heterocycles. The number of aliphatic hydroxyl groups excluding tert-OH is 1. The molecule has 0 unspecified atom stereocenters. The maximum absolute atomic E-state index is 8.88. The summed E-state index contributed by atoms with van der Waals surface area (Å²) in [6, 6.07) is 0. The third-order valence-electron chi connectivity index (χ3n) is 4.17. The van der Waals surface area contributed by atoms with Crippen molar-refractivity contribution in [3.05, 3.63) is 0 Å². The fraction of sp³-hybridized carbons (Fsp3) is 1.00. The molecule has 0 spiro atoms. The summed E-state index contributed by atoms with van der Waals surface area (Å²) in [6.45, 7) is 4.49. The highest BCUT2D eigenvalue weighted by atomic mass is 32.2. The molecule has 0 atom stereocenters. The van der Waals surface area contributed by atoms with Crippen LogP contribution in [0, 0.1) is 0 Å². The first-order valence-electron chi connectivity index (χ1n) is 11.0. The van der Waals surface area contributed by atoms with E-state index in [1.165, 1.54) is 89.2 Å². The predicted molar refractivity (Wildman–Crippen MR) is 120 cm³/mol. The SMILES string of the molecule is CCCCCCCCCCCCCOCCCCSCCCO.O=P(O)(O)O. The minimum Gasteiger partial charge on any atom is -0.396 e. The summed E-state index contributed by atoms with van der Waals surface area (Å²) in [6.07, 6.45) is 18.7. The van der Waals surface area contributed by atoms with Gasteiger partial charge in [-0.2, -0.15) is 11.8 Å². The van der Waals surface area contributed by atoms with Crippen molar-refractivity contribution in [3.63, 3.8) is 0 Å². The van der Waals surface area contributed by atoms with Gasteiger partial charge in [0, 0.05) is 19.8 Å². The van der Waals surface area contributed by atoms with Crippen LogP contribution in [-0.4, -0.2) is 51.1 Å². The van der Waals surface area contributed by atoms with Gasteiger partial charge >= 0.3 is 7.82 Å². The Bertz CT molecular complexity index is 300. The van der Waals surface area contributed by atoms with E-state index in [4.69, 9.17) is 29.1 Å². The molecule has 0 aromatic carbocycles. The largest absolute Gasteiger partial charge is 0.466 e. The Labute approximate surface area is 177 Å². The normalized spacial score (nSPS) is 11.3. The van der Waals surface area contributed by atoms with Crippen molar-refractivity contribution in [2.24, 2.45) is 0 Å². The van der Waals surface area contributed by atoms with Gasteiger partial charge in [-0.05, 0) is 37.2 Å². The van der Waals surface area contributed by atoms with E-state index in [0.29, 0.717) is 6.61 Å². The third-order valence-corrected chi connectivity index (χ3v) is 5.32. The molecular weight excluding hydrogens is 399 g/mol. The summed E-state index contributed by atoms with van der Waals surface area (Å²) >= 11 is 1.95. The van der Waals surface area contributed by atoms with Crippen LogP contribution in [0.1, 0.15) is 96.8 Å². The predicted octanol–water partition coefficient (Wildman–Crippen LogP) is 5.28. The number of thioether (sulfide) groups is 1. The number of aliphatic hydroxyl groups is 1.